The zero-order valence-electron chi connectivity index (χ0n) is 12.3. The van der Waals surface area contributed by atoms with Gasteiger partial charge in [0.1, 0.15) is 0 Å². The third kappa shape index (κ3) is 2.80. The molecule has 2 amide bonds. The van der Waals surface area contributed by atoms with Crippen LogP contribution in [-0.4, -0.2) is 35.0 Å². The molecule has 4 aliphatic rings. The molecule has 2 aliphatic carbocycles. The Labute approximate surface area is 129 Å². The van der Waals surface area contributed by atoms with Gasteiger partial charge in [-0.1, -0.05) is 0 Å². The molecule has 5 rings (SSSR count). The highest BCUT2D eigenvalue weighted by molar-refractivity contribution is 7.09. The number of aromatic nitrogens is 1. The molecule has 1 aromatic heterocycles. The van der Waals surface area contributed by atoms with Gasteiger partial charge in [0.15, 0.2) is 0 Å². The average molecular weight is 305 g/mol. The number of nitrogens with one attached hydrogen (secondary N) is 1. The lowest BCUT2D eigenvalue weighted by Crippen LogP contribution is -2.47. The first-order valence-electron chi connectivity index (χ1n) is 8.20. The van der Waals surface area contributed by atoms with Crippen molar-refractivity contribution in [3.63, 3.8) is 0 Å². The van der Waals surface area contributed by atoms with E-state index in [1.54, 1.807) is 11.3 Å². The standard InChI is InChI=1S/C16H23N3OS/c20-16(18-2-1-15-17-3-4-21-15)19-10-13-6-11-5-12(7-13)9-14(19)8-11/h3-4,11-14H,1-2,5-10H2,(H,18,20). The molecule has 2 saturated carbocycles. The second kappa shape index (κ2) is 5.59. The van der Waals surface area contributed by atoms with Crippen molar-refractivity contribution in [2.45, 2.75) is 44.6 Å². The van der Waals surface area contributed by atoms with Gasteiger partial charge in [-0.25, -0.2) is 9.78 Å². The molecule has 114 valence electrons. The van der Waals surface area contributed by atoms with Crippen molar-refractivity contribution in [1.82, 2.24) is 15.2 Å². The second-order valence-corrected chi connectivity index (χ2v) is 7.97. The Morgan fingerprint density at radius 1 is 1.24 bits per heavy atom. The largest absolute Gasteiger partial charge is 0.338 e. The minimum absolute atomic E-state index is 0.157. The molecule has 4 bridgehead atoms. The summed E-state index contributed by atoms with van der Waals surface area (Å²) in [5.74, 6) is 2.53. The Morgan fingerprint density at radius 2 is 2.00 bits per heavy atom. The van der Waals surface area contributed by atoms with Gasteiger partial charge in [0.25, 0.3) is 0 Å². The van der Waals surface area contributed by atoms with Crippen LogP contribution >= 0.6 is 11.3 Å². The molecule has 2 aliphatic heterocycles. The van der Waals surface area contributed by atoms with Crippen molar-refractivity contribution in [2.75, 3.05) is 13.1 Å². The summed E-state index contributed by atoms with van der Waals surface area (Å²) in [4.78, 5) is 19.0. The molecule has 0 radical (unpaired) electrons. The summed E-state index contributed by atoms with van der Waals surface area (Å²) >= 11 is 1.66. The Morgan fingerprint density at radius 3 is 2.71 bits per heavy atom. The van der Waals surface area contributed by atoms with E-state index in [-0.39, 0.29) is 6.03 Å². The normalized spacial score (nSPS) is 34.0. The fourth-order valence-corrected chi connectivity index (χ4v) is 5.41. The van der Waals surface area contributed by atoms with E-state index in [0.29, 0.717) is 12.6 Å². The first-order chi connectivity index (χ1) is 10.3. The molecular formula is C16H23N3OS. The van der Waals surface area contributed by atoms with E-state index in [1.165, 1.54) is 32.1 Å². The number of hydrogen-bond acceptors (Lipinski definition) is 3. The van der Waals surface area contributed by atoms with Crippen LogP contribution in [0.3, 0.4) is 0 Å². The molecule has 4 nitrogen and oxygen atoms in total. The highest BCUT2D eigenvalue weighted by atomic mass is 32.1. The predicted molar refractivity (Wildman–Crippen MR) is 83.3 cm³/mol. The molecule has 2 saturated heterocycles. The van der Waals surface area contributed by atoms with E-state index in [4.69, 9.17) is 0 Å². The molecule has 21 heavy (non-hydrogen) atoms. The lowest BCUT2D eigenvalue weighted by Gasteiger charge is -2.38. The van der Waals surface area contributed by atoms with Gasteiger partial charge in [-0.05, 0) is 49.9 Å². The number of hydrogen-bond donors (Lipinski definition) is 1. The fraction of sp³-hybridized carbons (Fsp3) is 0.750. The first kappa shape index (κ1) is 13.6. The Bertz CT molecular complexity index is 490. The topological polar surface area (TPSA) is 45.2 Å². The molecule has 2 unspecified atom stereocenters. The van der Waals surface area contributed by atoms with E-state index in [0.717, 1.165) is 35.7 Å². The number of rotatable bonds is 3. The summed E-state index contributed by atoms with van der Waals surface area (Å²) in [5.41, 5.74) is 0. The van der Waals surface area contributed by atoms with Gasteiger partial charge in [0.05, 0.1) is 5.01 Å². The lowest BCUT2D eigenvalue weighted by molar-refractivity contribution is 0.132. The summed E-state index contributed by atoms with van der Waals surface area (Å²) in [7, 11) is 0. The smallest absolute Gasteiger partial charge is 0.317 e. The van der Waals surface area contributed by atoms with Gasteiger partial charge in [-0.3, -0.25) is 0 Å². The number of nitrogens with zero attached hydrogens (tertiary/aromatic N) is 2. The van der Waals surface area contributed by atoms with Crippen molar-refractivity contribution in [1.29, 1.82) is 0 Å². The number of carbonyl (C=O) groups excluding carboxylic acids is 1. The minimum Gasteiger partial charge on any atom is -0.338 e. The van der Waals surface area contributed by atoms with Crippen molar-refractivity contribution >= 4 is 17.4 Å². The van der Waals surface area contributed by atoms with Crippen molar-refractivity contribution in [2.24, 2.45) is 17.8 Å². The highest BCUT2D eigenvalue weighted by Gasteiger charge is 2.43. The number of thiazole rings is 1. The van der Waals surface area contributed by atoms with Gasteiger partial charge in [-0.2, -0.15) is 0 Å². The van der Waals surface area contributed by atoms with Gasteiger partial charge in [-0.15, -0.1) is 11.3 Å². The molecular weight excluding hydrogens is 282 g/mol. The summed E-state index contributed by atoms with van der Waals surface area (Å²) in [6.45, 7) is 1.69. The molecule has 5 heteroatoms. The monoisotopic (exact) mass is 305 g/mol. The third-order valence-corrected chi connectivity index (χ3v) is 6.31. The van der Waals surface area contributed by atoms with E-state index in [1.807, 2.05) is 11.6 Å². The number of urea groups is 1. The maximum absolute atomic E-state index is 12.5. The number of fused-ring (bicyclic) bond motifs is 1. The van der Waals surface area contributed by atoms with Gasteiger partial charge in [0.2, 0.25) is 0 Å². The summed E-state index contributed by atoms with van der Waals surface area (Å²) in [6.07, 6.45) is 9.29. The van der Waals surface area contributed by atoms with Crippen LogP contribution in [-0.2, 0) is 6.42 Å². The molecule has 2 atom stereocenters. The molecule has 3 heterocycles. The van der Waals surface area contributed by atoms with E-state index < -0.39 is 0 Å². The van der Waals surface area contributed by atoms with Crippen LogP contribution < -0.4 is 5.32 Å². The molecule has 4 fully saturated rings. The maximum Gasteiger partial charge on any atom is 0.317 e. The first-order valence-corrected chi connectivity index (χ1v) is 9.08. The van der Waals surface area contributed by atoms with Crippen molar-refractivity contribution < 1.29 is 4.79 Å². The van der Waals surface area contributed by atoms with Crippen LogP contribution in [0.15, 0.2) is 11.6 Å². The van der Waals surface area contributed by atoms with Crippen LogP contribution in [0.25, 0.3) is 0 Å². The van der Waals surface area contributed by atoms with Crippen molar-refractivity contribution in [3.8, 4) is 0 Å². The number of amides is 2. The minimum atomic E-state index is 0.157. The molecule has 1 aromatic rings. The zero-order valence-corrected chi connectivity index (χ0v) is 13.1. The summed E-state index contributed by atoms with van der Waals surface area (Å²) < 4.78 is 0. The average Bonchev–Trinajstić information content (AvgIpc) is 2.89. The summed E-state index contributed by atoms with van der Waals surface area (Å²) in [5, 5.41) is 6.20. The van der Waals surface area contributed by atoms with E-state index in [9.17, 15) is 4.79 Å². The SMILES string of the molecule is O=C(NCCc1nccs1)N1CC2CC3CC(C2)CC1C3. The van der Waals surface area contributed by atoms with Gasteiger partial charge >= 0.3 is 6.03 Å². The van der Waals surface area contributed by atoms with E-state index in [2.05, 4.69) is 15.2 Å². The van der Waals surface area contributed by atoms with E-state index >= 15 is 0 Å². The highest BCUT2D eigenvalue weighted by Crippen LogP contribution is 2.47. The number of carbonyl (C=O) groups is 1. The Balaban J connectivity index is 1.35. The van der Waals surface area contributed by atoms with Crippen LogP contribution in [0.1, 0.15) is 37.1 Å². The maximum atomic E-state index is 12.5. The van der Waals surface area contributed by atoms with Crippen LogP contribution in [0.2, 0.25) is 0 Å². The zero-order chi connectivity index (χ0) is 14.2. The van der Waals surface area contributed by atoms with Crippen LogP contribution in [0, 0.1) is 17.8 Å². The Kier molecular flexibility index (Phi) is 3.61. The summed E-state index contributed by atoms with van der Waals surface area (Å²) in [6, 6.07) is 0.658. The Hall–Kier alpha value is -1.10. The van der Waals surface area contributed by atoms with Crippen LogP contribution in [0.5, 0.6) is 0 Å². The molecule has 0 spiro atoms. The predicted octanol–water partition coefficient (Wildman–Crippen LogP) is 2.91. The van der Waals surface area contributed by atoms with Gasteiger partial charge in [0, 0.05) is 37.1 Å². The third-order valence-electron chi connectivity index (χ3n) is 5.47. The fourth-order valence-electron chi connectivity index (χ4n) is 4.79. The van der Waals surface area contributed by atoms with Crippen molar-refractivity contribution in [3.05, 3.63) is 16.6 Å². The quantitative estimate of drug-likeness (QED) is 0.933. The van der Waals surface area contributed by atoms with Gasteiger partial charge < -0.3 is 10.2 Å². The second-order valence-electron chi connectivity index (χ2n) is 6.99. The molecule has 0 aromatic carbocycles. The molecule has 1 N–H and O–H groups in total. The lowest BCUT2D eigenvalue weighted by atomic mass is 9.68. The van der Waals surface area contributed by atoms with Crippen LogP contribution in [0.4, 0.5) is 4.79 Å².